The number of phosphoric acid groups is 2. The van der Waals surface area contributed by atoms with Crippen molar-refractivity contribution in [3.8, 4) is 0 Å². The molecular formula is C81H132O17P2. The standard InChI is InChI=1S/C81H132O17P2/c1-5-9-13-17-21-25-29-33-36-37-40-43-46-50-54-58-62-66-79(84)92-72-77(98-81(86)68-64-60-56-52-48-44-39-35-31-27-23-19-15-11-7-3)74-96-100(89,90)94-70-75(82)69-93-99(87,88)95-73-76(97-80(85)67-63-59-55-51-47-41-32-28-24-20-16-12-8-4)71-91-78(83)65-61-57-53-49-45-42-38-34-30-26-22-18-14-10-6-2/h9-11,13-16,20-23,25-28,32-36,38-39,45,49,57,61,75-77,82H,5-8,12,17-19,24,29-31,37,40-44,46-48,50-56,58-60,62-74H2,1-4H3,(H,87,88)(H,89,90)/b13-9-,14-10-,15-11-,20-16-,25-21-,26-22-,27-23-,32-28-,36-33-,38-34-,39-35-,49-45-,61-57-. The molecule has 0 aromatic carbocycles. The van der Waals surface area contributed by atoms with E-state index in [0.717, 1.165) is 193 Å². The number of esters is 4. The van der Waals surface area contributed by atoms with E-state index < -0.39 is 97.5 Å². The van der Waals surface area contributed by atoms with Crippen LogP contribution in [0.15, 0.2) is 158 Å². The van der Waals surface area contributed by atoms with E-state index in [1.165, 1.54) is 0 Å². The molecule has 0 rings (SSSR count). The van der Waals surface area contributed by atoms with Gasteiger partial charge in [0.25, 0.3) is 0 Å². The van der Waals surface area contributed by atoms with Gasteiger partial charge in [-0.2, -0.15) is 0 Å². The predicted molar refractivity (Wildman–Crippen MR) is 408 cm³/mol. The molecule has 568 valence electrons. The van der Waals surface area contributed by atoms with Gasteiger partial charge < -0.3 is 33.8 Å². The minimum absolute atomic E-state index is 0.0540. The van der Waals surface area contributed by atoms with Gasteiger partial charge in [0.2, 0.25) is 0 Å². The second-order valence-electron chi connectivity index (χ2n) is 24.5. The van der Waals surface area contributed by atoms with Gasteiger partial charge in [-0.05, 0) is 141 Å². The Balaban J connectivity index is 5.45. The van der Waals surface area contributed by atoms with Gasteiger partial charge in [0.15, 0.2) is 12.2 Å². The summed E-state index contributed by atoms with van der Waals surface area (Å²) in [6.45, 7) is 4.28. The molecule has 100 heavy (non-hydrogen) atoms. The Labute approximate surface area is 604 Å². The number of unbranched alkanes of at least 4 members (excludes halogenated alkanes) is 18. The molecule has 0 radical (unpaired) electrons. The van der Waals surface area contributed by atoms with Crippen LogP contribution in [0.1, 0.15) is 272 Å². The molecular weight excluding hydrogens is 1310 g/mol. The number of hydrogen-bond donors (Lipinski definition) is 3. The van der Waals surface area contributed by atoms with Crippen LogP contribution >= 0.6 is 15.6 Å². The lowest BCUT2D eigenvalue weighted by atomic mass is 10.1. The first-order valence-electron chi connectivity index (χ1n) is 37.7. The molecule has 0 aromatic heterocycles. The van der Waals surface area contributed by atoms with E-state index in [-0.39, 0.29) is 25.7 Å². The van der Waals surface area contributed by atoms with Gasteiger partial charge in [-0.15, -0.1) is 0 Å². The van der Waals surface area contributed by atoms with Crippen molar-refractivity contribution >= 4 is 39.5 Å². The van der Waals surface area contributed by atoms with Crippen molar-refractivity contribution in [2.24, 2.45) is 0 Å². The Morgan fingerprint density at radius 2 is 0.560 bits per heavy atom. The summed E-state index contributed by atoms with van der Waals surface area (Å²) in [4.78, 5) is 72.8. The SMILES string of the molecule is CC/C=C\C/C=C\C/C=C\C/C=C\C/C=C\CC(=O)OCC(COP(=O)(O)OCC(O)COP(=O)(O)OCC(COC(=O)CCCCCCCCC/C=C\C/C=C\C/C=C\CC)OC(=O)CCCCCCC/C=C\C/C=C\C/C=C\CC)OC(=O)CCCCCCC/C=C\C/C=C\CCC. The number of ether oxygens (including phenoxy) is 4. The molecule has 0 saturated carbocycles. The Hall–Kier alpha value is -5.32. The molecule has 19 heteroatoms. The average molecular weight is 1440 g/mol. The van der Waals surface area contributed by atoms with Crippen molar-refractivity contribution in [2.75, 3.05) is 39.6 Å². The lowest BCUT2D eigenvalue weighted by Gasteiger charge is -2.21. The van der Waals surface area contributed by atoms with Gasteiger partial charge in [0.1, 0.15) is 19.3 Å². The van der Waals surface area contributed by atoms with Crippen LogP contribution in [0, 0.1) is 0 Å². The van der Waals surface area contributed by atoms with E-state index in [9.17, 15) is 43.2 Å². The number of rotatable bonds is 69. The summed E-state index contributed by atoms with van der Waals surface area (Å²) in [5, 5.41) is 10.6. The maximum absolute atomic E-state index is 13.1. The van der Waals surface area contributed by atoms with Crippen LogP contribution in [0.25, 0.3) is 0 Å². The molecule has 0 aliphatic carbocycles. The highest BCUT2D eigenvalue weighted by molar-refractivity contribution is 7.47. The highest BCUT2D eigenvalue weighted by Crippen LogP contribution is 2.45. The third kappa shape index (κ3) is 71.1. The summed E-state index contributed by atoms with van der Waals surface area (Å²) in [6, 6.07) is 0. The summed E-state index contributed by atoms with van der Waals surface area (Å²) in [6.07, 6.45) is 82.7. The normalized spacial score (nSPS) is 14.8. The smallest absolute Gasteiger partial charge is 0.462 e. The van der Waals surface area contributed by atoms with E-state index in [2.05, 4.69) is 161 Å². The topological polar surface area (TPSA) is 237 Å². The average Bonchev–Trinajstić information content (AvgIpc) is 0.937. The fourth-order valence-electron chi connectivity index (χ4n) is 9.36. The highest BCUT2D eigenvalue weighted by atomic mass is 31.2. The molecule has 0 bridgehead atoms. The van der Waals surface area contributed by atoms with Crippen LogP contribution in [0.5, 0.6) is 0 Å². The van der Waals surface area contributed by atoms with Gasteiger partial charge in [0.05, 0.1) is 32.8 Å². The molecule has 0 spiro atoms. The maximum atomic E-state index is 13.1. The number of carbonyl (C=O) groups is 4. The Morgan fingerprint density at radius 1 is 0.300 bits per heavy atom. The minimum Gasteiger partial charge on any atom is -0.462 e. The second-order valence-corrected chi connectivity index (χ2v) is 27.4. The van der Waals surface area contributed by atoms with E-state index in [4.69, 9.17) is 37.0 Å². The predicted octanol–water partition coefficient (Wildman–Crippen LogP) is 21.7. The van der Waals surface area contributed by atoms with Gasteiger partial charge in [0, 0.05) is 19.3 Å². The number of carbonyl (C=O) groups excluding carboxylic acids is 4. The second kappa shape index (κ2) is 72.0. The Kier molecular flexibility index (Phi) is 68.2. The van der Waals surface area contributed by atoms with Gasteiger partial charge in [-0.1, -0.05) is 263 Å². The Bertz CT molecular complexity index is 2520. The maximum Gasteiger partial charge on any atom is 0.472 e. The van der Waals surface area contributed by atoms with Crippen molar-refractivity contribution in [1.82, 2.24) is 0 Å². The molecule has 0 heterocycles. The third-order valence-electron chi connectivity index (χ3n) is 15.0. The van der Waals surface area contributed by atoms with Crippen LogP contribution in [0.4, 0.5) is 0 Å². The zero-order valence-corrected chi connectivity index (χ0v) is 63.6. The molecule has 17 nitrogen and oxygen atoms in total. The van der Waals surface area contributed by atoms with Crippen molar-refractivity contribution in [2.45, 2.75) is 290 Å². The van der Waals surface area contributed by atoms with Crippen molar-refractivity contribution in [1.29, 1.82) is 0 Å². The minimum atomic E-state index is -5.00. The van der Waals surface area contributed by atoms with Gasteiger partial charge in [-0.25, -0.2) is 9.13 Å². The van der Waals surface area contributed by atoms with Crippen LogP contribution in [-0.4, -0.2) is 96.7 Å². The van der Waals surface area contributed by atoms with E-state index in [1.807, 2.05) is 18.2 Å². The lowest BCUT2D eigenvalue weighted by molar-refractivity contribution is -0.161. The molecule has 5 unspecified atom stereocenters. The first-order valence-corrected chi connectivity index (χ1v) is 40.7. The molecule has 3 N–H and O–H groups in total. The van der Waals surface area contributed by atoms with Crippen LogP contribution < -0.4 is 0 Å². The van der Waals surface area contributed by atoms with E-state index in [1.54, 1.807) is 6.08 Å². The van der Waals surface area contributed by atoms with Crippen molar-refractivity contribution in [3.63, 3.8) is 0 Å². The quantitative estimate of drug-likeness (QED) is 0.0169. The van der Waals surface area contributed by atoms with E-state index >= 15 is 0 Å². The largest absolute Gasteiger partial charge is 0.472 e. The van der Waals surface area contributed by atoms with E-state index in [0.29, 0.717) is 25.7 Å². The summed E-state index contributed by atoms with van der Waals surface area (Å²) in [5.41, 5.74) is 0. The summed E-state index contributed by atoms with van der Waals surface area (Å²) in [5.74, 6) is -2.38. The molecule has 5 atom stereocenters. The monoisotopic (exact) mass is 1440 g/mol. The Morgan fingerprint density at radius 3 is 0.890 bits per heavy atom. The third-order valence-corrected chi connectivity index (χ3v) is 16.9. The number of phosphoric ester groups is 2. The van der Waals surface area contributed by atoms with Gasteiger partial charge in [-0.3, -0.25) is 37.3 Å². The molecule has 0 aliphatic rings. The van der Waals surface area contributed by atoms with Crippen molar-refractivity contribution in [3.05, 3.63) is 158 Å². The first-order chi connectivity index (χ1) is 48.7. The number of aliphatic hydroxyl groups is 1. The summed E-state index contributed by atoms with van der Waals surface area (Å²) in [7, 11) is -10.00. The van der Waals surface area contributed by atoms with Crippen LogP contribution in [-0.2, 0) is 65.4 Å². The first kappa shape index (κ1) is 94.7. The number of hydrogen-bond acceptors (Lipinski definition) is 15. The molecule has 0 saturated heterocycles. The highest BCUT2D eigenvalue weighted by Gasteiger charge is 2.30. The zero-order valence-electron chi connectivity index (χ0n) is 61.8. The molecule has 0 amide bonds. The lowest BCUT2D eigenvalue weighted by Crippen LogP contribution is -2.30. The van der Waals surface area contributed by atoms with Crippen LogP contribution in [0.2, 0.25) is 0 Å². The van der Waals surface area contributed by atoms with Crippen LogP contribution in [0.3, 0.4) is 0 Å². The zero-order chi connectivity index (χ0) is 73.2. The number of aliphatic hydroxyl groups excluding tert-OH is 1. The molecule has 0 aromatic rings. The fourth-order valence-corrected chi connectivity index (χ4v) is 10.9. The van der Waals surface area contributed by atoms with Gasteiger partial charge >= 0.3 is 39.5 Å². The number of allylic oxidation sites excluding steroid dienone is 25. The molecule has 0 aliphatic heterocycles. The molecule has 0 fully saturated rings. The van der Waals surface area contributed by atoms with Crippen molar-refractivity contribution < 1.29 is 80.2 Å². The summed E-state index contributed by atoms with van der Waals surface area (Å²) < 4.78 is 68.3. The fraction of sp³-hybridized carbons (Fsp3) is 0.630. The summed E-state index contributed by atoms with van der Waals surface area (Å²) >= 11 is 0.